The Balaban J connectivity index is 1.82. The summed E-state index contributed by atoms with van der Waals surface area (Å²) >= 11 is 0. The van der Waals surface area contributed by atoms with E-state index in [2.05, 4.69) is 5.32 Å². The summed E-state index contributed by atoms with van der Waals surface area (Å²) in [6.07, 6.45) is 4.04. The van der Waals surface area contributed by atoms with Crippen LogP contribution >= 0.6 is 0 Å². The SMILES string of the molecule is O=[N+]([O-])c1cccc(CNCC2CCCCC2O)c1. The molecule has 0 spiro atoms. The van der Waals surface area contributed by atoms with Gasteiger partial charge in [-0.1, -0.05) is 25.0 Å². The van der Waals surface area contributed by atoms with Crippen molar-refractivity contribution in [2.24, 2.45) is 5.92 Å². The predicted molar refractivity (Wildman–Crippen MR) is 72.8 cm³/mol. The second-order valence-corrected chi connectivity index (χ2v) is 5.17. The fourth-order valence-electron chi connectivity index (χ4n) is 2.61. The fraction of sp³-hybridized carbons (Fsp3) is 0.571. The highest BCUT2D eigenvalue weighted by atomic mass is 16.6. The first-order valence-electron chi connectivity index (χ1n) is 6.79. The van der Waals surface area contributed by atoms with Crippen molar-refractivity contribution in [2.45, 2.75) is 38.3 Å². The van der Waals surface area contributed by atoms with Crippen LogP contribution in [0.2, 0.25) is 0 Å². The molecular weight excluding hydrogens is 244 g/mol. The van der Waals surface area contributed by atoms with Crippen molar-refractivity contribution >= 4 is 5.69 Å². The largest absolute Gasteiger partial charge is 0.393 e. The Labute approximate surface area is 112 Å². The maximum atomic E-state index is 10.7. The summed E-state index contributed by atoms with van der Waals surface area (Å²) in [5.74, 6) is 0.312. The van der Waals surface area contributed by atoms with Gasteiger partial charge in [-0.3, -0.25) is 10.1 Å². The van der Waals surface area contributed by atoms with Crippen molar-refractivity contribution < 1.29 is 10.0 Å². The van der Waals surface area contributed by atoms with Crippen molar-refractivity contribution in [3.8, 4) is 0 Å². The number of nitro groups is 1. The van der Waals surface area contributed by atoms with Crippen LogP contribution in [-0.4, -0.2) is 22.7 Å². The van der Waals surface area contributed by atoms with Gasteiger partial charge in [-0.15, -0.1) is 0 Å². The highest BCUT2D eigenvalue weighted by Crippen LogP contribution is 2.23. The summed E-state index contributed by atoms with van der Waals surface area (Å²) in [7, 11) is 0. The molecule has 1 saturated carbocycles. The molecule has 2 rings (SSSR count). The first-order chi connectivity index (χ1) is 9.16. The molecule has 0 aliphatic heterocycles. The van der Waals surface area contributed by atoms with Crippen molar-refractivity contribution in [1.29, 1.82) is 0 Å². The lowest BCUT2D eigenvalue weighted by molar-refractivity contribution is -0.384. The van der Waals surface area contributed by atoms with Gasteiger partial charge in [-0.05, 0) is 24.3 Å². The molecule has 0 saturated heterocycles. The molecule has 0 radical (unpaired) electrons. The number of hydrogen-bond acceptors (Lipinski definition) is 4. The average Bonchev–Trinajstić information content (AvgIpc) is 2.41. The van der Waals surface area contributed by atoms with E-state index in [1.807, 2.05) is 6.07 Å². The van der Waals surface area contributed by atoms with E-state index in [-0.39, 0.29) is 16.7 Å². The Bertz CT molecular complexity index is 436. The van der Waals surface area contributed by atoms with Gasteiger partial charge in [0.15, 0.2) is 0 Å². The van der Waals surface area contributed by atoms with Crippen LogP contribution in [0.1, 0.15) is 31.2 Å². The monoisotopic (exact) mass is 264 g/mol. The number of rotatable bonds is 5. The molecular formula is C14H20N2O3. The third kappa shape index (κ3) is 4.01. The van der Waals surface area contributed by atoms with Crippen LogP contribution in [0.4, 0.5) is 5.69 Å². The molecule has 0 amide bonds. The highest BCUT2D eigenvalue weighted by molar-refractivity contribution is 5.34. The molecule has 0 heterocycles. The lowest BCUT2D eigenvalue weighted by Gasteiger charge is -2.27. The third-order valence-corrected chi connectivity index (χ3v) is 3.73. The zero-order valence-electron chi connectivity index (χ0n) is 10.9. The summed E-state index contributed by atoms with van der Waals surface area (Å²) < 4.78 is 0. The molecule has 0 aromatic heterocycles. The summed E-state index contributed by atoms with van der Waals surface area (Å²) in [5, 5.41) is 23.8. The second kappa shape index (κ2) is 6.63. The van der Waals surface area contributed by atoms with Crippen molar-refractivity contribution in [2.75, 3.05) is 6.54 Å². The van der Waals surface area contributed by atoms with Crippen LogP contribution < -0.4 is 5.32 Å². The minimum Gasteiger partial charge on any atom is -0.393 e. The van der Waals surface area contributed by atoms with E-state index in [0.29, 0.717) is 12.5 Å². The average molecular weight is 264 g/mol. The number of nitro benzene ring substituents is 1. The number of benzene rings is 1. The molecule has 0 bridgehead atoms. The Kier molecular flexibility index (Phi) is 4.87. The zero-order valence-corrected chi connectivity index (χ0v) is 10.9. The number of hydrogen-bond donors (Lipinski definition) is 2. The molecule has 2 N–H and O–H groups in total. The number of non-ortho nitro benzene ring substituents is 1. The minimum atomic E-state index is -0.381. The molecule has 1 aromatic carbocycles. The van der Waals surface area contributed by atoms with Gasteiger partial charge in [0.2, 0.25) is 0 Å². The zero-order chi connectivity index (χ0) is 13.7. The lowest BCUT2D eigenvalue weighted by Crippen LogP contribution is -2.33. The van der Waals surface area contributed by atoms with Crippen molar-refractivity contribution in [3.05, 3.63) is 39.9 Å². The van der Waals surface area contributed by atoms with Crippen LogP contribution in [-0.2, 0) is 6.54 Å². The van der Waals surface area contributed by atoms with Gasteiger partial charge < -0.3 is 10.4 Å². The number of nitrogens with one attached hydrogen (secondary N) is 1. The van der Waals surface area contributed by atoms with Crippen molar-refractivity contribution in [3.63, 3.8) is 0 Å². The second-order valence-electron chi connectivity index (χ2n) is 5.17. The number of nitrogens with zero attached hydrogens (tertiary/aromatic N) is 1. The Morgan fingerprint density at radius 1 is 1.37 bits per heavy atom. The minimum absolute atomic E-state index is 0.122. The molecule has 104 valence electrons. The summed E-state index contributed by atoms with van der Waals surface area (Å²) in [5.41, 5.74) is 1.02. The van der Waals surface area contributed by atoms with E-state index in [1.54, 1.807) is 12.1 Å². The van der Waals surface area contributed by atoms with Crippen LogP contribution in [0, 0.1) is 16.0 Å². The van der Waals surface area contributed by atoms with E-state index in [9.17, 15) is 15.2 Å². The van der Waals surface area contributed by atoms with Crippen LogP contribution in [0.15, 0.2) is 24.3 Å². The van der Waals surface area contributed by atoms with E-state index in [0.717, 1.165) is 31.4 Å². The van der Waals surface area contributed by atoms with Gasteiger partial charge in [0.05, 0.1) is 11.0 Å². The topological polar surface area (TPSA) is 75.4 Å². The molecule has 5 nitrogen and oxygen atoms in total. The molecule has 1 aromatic rings. The van der Waals surface area contributed by atoms with Gasteiger partial charge in [-0.25, -0.2) is 0 Å². The van der Waals surface area contributed by atoms with Gasteiger partial charge in [0.1, 0.15) is 0 Å². The fourth-order valence-corrected chi connectivity index (χ4v) is 2.61. The maximum Gasteiger partial charge on any atom is 0.269 e. The molecule has 2 atom stereocenters. The third-order valence-electron chi connectivity index (χ3n) is 3.73. The van der Waals surface area contributed by atoms with Crippen LogP contribution in [0.5, 0.6) is 0 Å². The maximum absolute atomic E-state index is 10.7. The summed E-state index contributed by atoms with van der Waals surface area (Å²) in [4.78, 5) is 10.3. The standard InChI is InChI=1S/C14H20N2O3/c17-14-7-2-1-5-12(14)10-15-9-11-4-3-6-13(8-11)16(18)19/h3-4,6,8,12,14-15,17H,1-2,5,7,9-10H2. The molecule has 1 aliphatic rings. The van der Waals surface area contributed by atoms with Gasteiger partial charge in [0.25, 0.3) is 5.69 Å². The van der Waals surface area contributed by atoms with E-state index >= 15 is 0 Å². The van der Waals surface area contributed by atoms with Crippen molar-refractivity contribution in [1.82, 2.24) is 5.32 Å². The molecule has 19 heavy (non-hydrogen) atoms. The molecule has 1 aliphatic carbocycles. The number of aliphatic hydroxyl groups excluding tert-OH is 1. The van der Waals surface area contributed by atoms with Gasteiger partial charge in [0, 0.05) is 25.2 Å². The first-order valence-corrected chi connectivity index (χ1v) is 6.79. The molecule has 2 unspecified atom stereocenters. The highest BCUT2D eigenvalue weighted by Gasteiger charge is 2.22. The van der Waals surface area contributed by atoms with E-state index in [1.165, 1.54) is 12.5 Å². The first kappa shape index (κ1) is 14.0. The van der Waals surface area contributed by atoms with E-state index < -0.39 is 0 Å². The number of aliphatic hydroxyl groups is 1. The summed E-state index contributed by atoms with van der Waals surface area (Å²) in [6, 6.07) is 6.65. The predicted octanol–water partition coefficient (Wildman–Crippen LogP) is 2.24. The molecule has 5 heteroatoms. The lowest BCUT2D eigenvalue weighted by atomic mass is 9.86. The Hall–Kier alpha value is -1.46. The van der Waals surface area contributed by atoms with Crippen LogP contribution in [0.25, 0.3) is 0 Å². The van der Waals surface area contributed by atoms with Crippen LogP contribution in [0.3, 0.4) is 0 Å². The van der Waals surface area contributed by atoms with Gasteiger partial charge >= 0.3 is 0 Å². The smallest absolute Gasteiger partial charge is 0.269 e. The quantitative estimate of drug-likeness (QED) is 0.631. The molecule has 1 fully saturated rings. The van der Waals surface area contributed by atoms with E-state index in [4.69, 9.17) is 0 Å². The normalized spacial score (nSPS) is 23.2. The van der Waals surface area contributed by atoms with Gasteiger partial charge in [-0.2, -0.15) is 0 Å². The Morgan fingerprint density at radius 2 is 2.16 bits per heavy atom. The Morgan fingerprint density at radius 3 is 2.89 bits per heavy atom. The summed E-state index contributed by atoms with van der Waals surface area (Å²) in [6.45, 7) is 1.37.